The third-order valence-corrected chi connectivity index (χ3v) is 6.81. The Kier molecular flexibility index (Phi) is 4.91. The van der Waals surface area contributed by atoms with E-state index in [2.05, 4.69) is 68.9 Å². The second-order valence-corrected chi connectivity index (χ2v) is 8.81. The number of rotatable bonds is 6. The number of fused-ring (bicyclic) bond motifs is 1. The van der Waals surface area contributed by atoms with Crippen molar-refractivity contribution in [2.24, 2.45) is 0 Å². The summed E-state index contributed by atoms with van der Waals surface area (Å²) in [6.45, 7) is 4.48. The molecular weight excluding hydrogens is 382 g/mol. The van der Waals surface area contributed by atoms with Crippen molar-refractivity contribution in [2.45, 2.75) is 50.0 Å². The number of thioether (sulfide) groups is 1. The van der Waals surface area contributed by atoms with Crippen LogP contribution in [0.5, 0.6) is 0 Å². The molecule has 7 heteroatoms. The Morgan fingerprint density at radius 1 is 1.10 bits per heavy atom. The van der Waals surface area contributed by atoms with Crippen LogP contribution in [0.4, 0.5) is 0 Å². The van der Waals surface area contributed by atoms with Gasteiger partial charge in [-0.2, -0.15) is 0 Å². The first kappa shape index (κ1) is 18.5. The summed E-state index contributed by atoms with van der Waals surface area (Å²) in [7, 11) is 0. The van der Waals surface area contributed by atoms with Gasteiger partial charge in [0, 0.05) is 30.9 Å². The topological polar surface area (TPSA) is 56.0 Å². The summed E-state index contributed by atoms with van der Waals surface area (Å²) in [6.07, 6.45) is 4.46. The molecule has 29 heavy (non-hydrogen) atoms. The van der Waals surface area contributed by atoms with Gasteiger partial charge in [-0.25, -0.2) is 0 Å². The van der Waals surface area contributed by atoms with Gasteiger partial charge in [-0.1, -0.05) is 42.1 Å². The molecule has 1 atom stereocenters. The van der Waals surface area contributed by atoms with Gasteiger partial charge in [0.05, 0.1) is 18.3 Å². The maximum absolute atomic E-state index is 13.0. The summed E-state index contributed by atoms with van der Waals surface area (Å²) in [5.41, 5.74) is 2.44. The zero-order valence-electron chi connectivity index (χ0n) is 16.6. The number of amides is 1. The van der Waals surface area contributed by atoms with Crippen LogP contribution in [0.25, 0.3) is 0 Å². The highest BCUT2D eigenvalue weighted by Crippen LogP contribution is 2.40. The number of hydrogen-bond acceptors (Lipinski definition) is 4. The van der Waals surface area contributed by atoms with Crippen LogP contribution in [-0.2, 0) is 17.9 Å². The molecule has 1 unspecified atom stereocenters. The van der Waals surface area contributed by atoms with Gasteiger partial charge in [0.2, 0.25) is 5.91 Å². The normalized spacial score (nSPS) is 18.7. The summed E-state index contributed by atoms with van der Waals surface area (Å²) in [6, 6.07) is 14.7. The van der Waals surface area contributed by atoms with Gasteiger partial charge in [0.25, 0.3) is 0 Å². The molecule has 6 nitrogen and oxygen atoms in total. The van der Waals surface area contributed by atoms with E-state index >= 15 is 0 Å². The highest BCUT2D eigenvalue weighted by molar-refractivity contribution is 7.99. The van der Waals surface area contributed by atoms with E-state index in [1.54, 1.807) is 0 Å². The Hall–Kier alpha value is -2.54. The predicted molar refractivity (Wildman–Crippen MR) is 113 cm³/mol. The van der Waals surface area contributed by atoms with E-state index in [0.29, 0.717) is 11.7 Å². The molecule has 3 aromatic rings. The maximum atomic E-state index is 13.0. The minimum absolute atomic E-state index is 0.107. The van der Waals surface area contributed by atoms with E-state index in [4.69, 9.17) is 0 Å². The highest BCUT2D eigenvalue weighted by Gasteiger charge is 2.31. The van der Waals surface area contributed by atoms with E-state index in [0.717, 1.165) is 30.6 Å². The average Bonchev–Trinajstić information content (AvgIpc) is 3.32. The number of benzene rings is 1. The van der Waals surface area contributed by atoms with Crippen molar-refractivity contribution < 1.29 is 4.79 Å². The Bertz CT molecular complexity index is 1010. The smallest absolute Gasteiger partial charge is 0.233 e. The summed E-state index contributed by atoms with van der Waals surface area (Å²) >= 11 is 1.51. The molecule has 2 aliphatic rings. The number of nitrogens with zero attached hydrogens (tertiary/aromatic N) is 5. The zero-order valence-corrected chi connectivity index (χ0v) is 17.4. The maximum Gasteiger partial charge on any atom is 0.233 e. The third kappa shape index (κ3) is 3.71. The molecule has 1 aliphatic heterocycles. The second kappa shape index (κ2) is 7.71. The van der Waals surface area contributed by atoms with Crippen molar-refractivity contribution in [3.05, 3.63) is 65.7 Å². The molecule has 1 amide bonds. The lowest BCUT2D eigenvalue weighted by Gasteiger charge is -2.34. The lowest BCUT2D eigenvalue weighted by Crippen LogP contribution is -2.41. The van der Waals surface area contributed by atoms with Crippen LogP contribution in [0.1, 0.15) is 48.8 Å². The van der Waals surface area contributed by atoms with Crippen molar-refractivity contribution in [1.29, 1.82) is 0 Å². The summed E-state index contributed by atoms with van der Waals surface area (Å²) in [5.74, 6) is 2.14. The minimum Gasteiger partial charge on any atom is -0.348 e. The molecule has 0 radical (unpaired) electrons. The Morgan fingerprint density at radius 3 is 2.72 bits per heavy atom. The van der Waals surface area contributed by atoms with Gasteiger partial charge < -0.3 is 14.0 Å². The third-order valence-electron chi connectivity index (χ3n) is 5.86. The van der Waals surface area contributed by atoms with E-state index < -0.39 is 0 Å². The largest absolute Gasteiger partial charge is 0.348 e. The molecule has 0 spiro atoms. The van der Waals surface area contributed by atoms with Crippen LogP contribution in [-0.4, -0.2) is 42.4 Å². The first-order valence-electron chi connectivity index (χ1n) is 10.2. The van der Waals surface area contributed by atoms with E-state index in [-0.39, 0.29) is 11.9 Å². The predicted octanol–water partition coefficient (Wildman–Crippen LogP) is 3.70. The molecule has 3 heterocycles. The molecule has 2 aromatic heterocycles. The van der Waals surface area contributed by atoms with E-state index in [1.807, 2.05) is 11.0 Å². The molecule has 1 aromatic carbocycles. The molecule has 1 fully saturated rings. The number of carbonyl (C=O) groups is 1. The van der Waals surface area contributed by atoms with Crippen molar-refractivity contribution in [3.63, 3.8) is 0 Å². The van der Waals surface area contributed by atoms with Crippen molar-refractivity contribution in [2.75, 3.05) is 12.3 Å². The number of aromatic nitrogens is 4. The van der Waals surface area contributed by atoms with Crippen molar-refractivity contribution in [1.82, 2.24) is 24.2 Å². The second-order valence-electron chi connectivity index (χ2n) is 7.87. The zero-order chi connectivity index (χ0) is 19.8. The highest BCUT2D eigenvalue weighted by atomic mass is 32.2. The summed E-state index contributed by atoms with van der Waals surface area (Å²) < 4.78 is 4.44. The van der Waals surface area contributed by atoms with Crippen LogP contribution < -0.4 is 0 Å². The first-order chi connectivity index (χ1) is 14.2. The van der Waals surface area contributed by atoms with Gasteiger partial charge in [-0.15, -0.1) is 10.2 Å². The van der Waals surface area contributed by atoms with E-state index in [1.165, 1.54) is 35.9 Å². The van der Waals surface area contributed by atoms with Gasteiger partial charge in [-0.05, 0) is 37.5 Å². The van der Waals surface area contributed by atoms with Gasteiger partial charge >= 0.3 is 0 Å². The van der Waals surface area contributed by atoms with Crippen LogP contribution in [0.3, 0.4) is 0 Å². The monoisotopic (exact) mass is 407 g/mol. The van der Waals surface area contributed by atoms with Crippen LogP contribution in [0.2, 0.25) is 0 Å². The quantitative estimate of drug-likeness (QED) is 0.585. The lowest BCUT2D eigenvalue weighted by atomic mass is 10.1. The molecule has 1 aliphatic carbocycles. The standard InChI is InChI=1S/C22H25N5OS/c1-16-19-8-5-11-25(19)12-13-26(16)20(28)15-29-22-24-23-21(18-9-10-18)27(22)14-17-6-3-2-4-7-17/h2-8,11,16,18H,9-10,12-15H2,1H3. The van der Waals surface area contributed by atoms with Crippen LogP contribution >= 0.6 is 11.8 Å². The minimum atomic E-state index is 0.107. The SMILES string of the molecule is CC1c2cccn2CCN1C(=O)CSc1nnc(C2CC2)n1Cc1ccccc1. The molecule has 5 rings (SSSR count). The van der Waals surface area contributed by atoms with Crippen LogP contribution in [0, 0.1) is 0 Å². The van der Waals surface area contributed by atoms with E-state index in [9.17, 15) is 4.79 Å². The van der Waals surface area contributed by atoms with Crippen LogP contribution in [0.15, 0.2) is 53.8 Å². The molecule has 0 N–H and O–H groups in total. The number of carbonyl (C=O) groups excluding carboxylic acids is 1. The first-order valence-corrected chi connectivity index (χ1v) is 11.2. The lowest BCUT2D eigenvalue weighted by molar-refractivity contribution is -0.131. The number of hydrogen-bond donors (Lipinski definition) is 0. The molecule has 1 saturated carbocycles. The van der Waals surface area contributed by atoms with Gasteiger partial charge in [0.15, 0.2) is 5.16 Å². The fraction of sp³-hybridized carbons (Fsp3) is 0.409. The van der Waals surface area contributed by atoms with Crippen molar-refractivity contribution >= 4 is 17.7 Å². The Morgan fingerprint density at radius 2 is 1.93 bits per heavy atom. The average molecular weight is 408 g/mol. The summed E-state index contributed by atoms with van der Waals surface area (Å²) in [5, 5.41) is 9.75. The molecule has 0 bridgehead atoms. The summed E-state index contributed by atoms with van der Waals surface area (Å²) in [4.78, 5) is 15.0. The molecule has 0 saturated heterocycles. The Labute approximate surface area is 174 Å². The Balaban J connectivity index is 1.30. The van der Waals surface area contributed by atoms with Gasteiger partial charge in [-0.3, -0.25) is 4.79 Å². The van der Waals surface area contributed by atoms with Crippen molar-refractivity contribution in [3.8, 4) is 0 Å². The fourth-order valence-electron chi connectivity index (χ4n) is 4.09. The molecular formula is C22H25N5OS. The molecule has 150 valence electrons. The fourth-order valence-corrected chi connectivity index (χ4v) is 4.92. The van der Waals surface area contributed by atoms with Gasteiger partial charge in [0.1, 0.15) is 5.82 Å².